The highest BCUT2D eigenvalue weighted by Gasteiger charge is 2.02. The van der Waals surface area contributed by atoms with Crippen molar-refractivity contribution in [2.75, 3.05) is 0 Å². The second-order valence-corrected chi connectivity index (χ2v) is 2.82. The maximum Gasteiger partial charge on any atom is 0.122 e. The number of nitrogens with zero attached hydrogens (tertiary/aromatic N) is 1. The Balaban J connectivity index is 2.31. The zero-order valence-corrected chi connectivity index (χ0v) is 7.00. The van der Waals surface area contributed by atoms with Gasteiger partial charge in [-0.2, -0.15) is 0 Å². The smallest absolute Gasteiger partial charge is 0.122 e. The molecular weight excluding hydrogens is 167 g/mol. The lowest BCUT2D eigenvalue weighted by Crippen LogP contribution is -1.81. The number of halogens is 1. The third kappa shape index (κ3) is 1.75. The Bertz CT molecular complexity index is 372. The molecule has 0 radical (unpaired) electrons. The minimum Gasteiger partial charge on any atom is -0.345 e. The van der Waals surface area contributed by atoms with Gasteiger partial charge in [-0.1, -0.05) is 12.2 Å². The lowest BCUT2D eigenvalue weighted by molar-refractivity contribution is 0.667. The molecule has 0 amide bonds. The number of aromatic nitrogens is 2. The van der Waals surface area contributed by atoms with Crippen LogP contribution >= 0.6 is 0 Å². The van der Waals surface area contributed by atoms with E-state index in [1.807, 2.05) is 0 Å². The molecule has 0 saturated heterocycles. The van der Waals surface area contributed by atoms with Gasteiger partial charge in [-0.3, -0.25) is 0 Å². The lowest BCUT2D eigenvalue weighted by Gasteiger charge is -1.97. The fraction of sp³-hybridized carbons (Fsp3) is 0.100. The minimum atomic E-state index is -0.213. The van der Waals surface area contributed by atoms with E-state index in [0.29, 0.717) is 0 Å². The largest absolute Gasteiger partial charge is 0.345 e. The van der Waals surface area contributed by atoms with Crippen molar-refractivity contribution in [1.82, 2.24) is 9.97 Å². The van der Waals surface area contributed by atoms with E-state index in [9.17, 15) is 4.39 Å². The van der Waals surface area contributed by atoms with Gasteiger partial charge in [0, 0.05) is 0 Å². The number of rotatable bonds is 1. The van der Waals surface area contributed by atoms with Crippen LogP contribution in [0.1, 0.15) is 12.1 Å². The summed E-state index contributed by atoms with van der Waals surface area (Å²) in [6.07, 6.45) is 10.6. The molecule has 1 aromatic rings. The van der Waals surface area contributed by atoms with Gasteiger partial charge in [0.1, 0.15) is 5.83 Å². The summed E-state index contributed by atoms with van der Waals surface area (Å²) in [5.74, 6) is -0.213. The molecule has 0 saturated carbocycles. The maximum atomic E-state index is 12.8. The first-order valence-corrected chi connectivity index (χ1v) is 4.08. The Morgan fingerprint density at radius 3 is 3.08 bits per heavy atom. The monoisotopic (exact) mass is 176 g/mol. The van der Waals surface area contributed by atoms with Crippen molar-refractivity contribution < 1.29 is 4.39 Å². The summed E-state index contributed by atoms with van der Waals surface area (Å²) in [7, 11) is 0. The second kappa shape index (κ2) is 3.39. The Labute approximate surface area is 75.5 Å². The average molecular weight is 176 g/mol. The topological polar surface area (TPSA) is 28.7 Å². The van der Waals surface area contributed by atoms with E-state index in [1.165, 1.54) is 12.2 Å². The van der Waals surface area contributed by atoms with Crippen LogP contribution in [0.2, 0.25) is 0 Å². The highest BCUT2D eigenvalue weighted by Crippen LogP contribution is 2.19. The third-order valence-electron chi connectivity index (χ3n) is 1.90. The summed E-state index contributed by atoms with van der Waals surface area (Å²) >= 11 is 0. The van der Waals surface area contributed by atoms with Crippen LogP contribution in [0.3, 0.4) is 0 Å². The SMILES string of the molecule is FC1=CC=C(c2cnc[nH]2)CC=C1. The highest BCUT2D eigenvalue weighted by molar-refractivity contribution is 5.66. The second-order valence-electron chi connectivity index (χ2n) is 2.82. The molecule has 66 valence electrons. The Morgan fingerprint density at radius 2 is 2.31 bits per heavy atom. The number of allylic oxidation sites excluding steroid dienone is 6. The normalized spacial score (nSPS) is 16.4. The number of hydrogen-bond donors (Lipinski definition) is 1. The number of H-pyrrole nitrogens is 1. The fourth-order valence-corrected chi connectivity index (χ4v) is 1.23. The Hall–Kier alpha value is -1.64. The van der Waals surface area contributed by atoms with Crippen molar-refractivity contribution >= 4 is 5.57 Å². The van der Waals surface area contributed by atoms with Gasteiger partial charge in [0.2, 0.25) is 0 Å². The fourth-order valence-electron chi connectivity index (χ4n) is 1.23. The van der Waals surface area contributed by atoms with Crippen molar-refractivity contribution in [3.63, 3.8) is 0 Å². The van der Waals surface area contributed by atoms with Gasteiger partial charge in [-0.15, -0.1) is 0 Å². The molecule has 1 aliphatic rings. The minimum absolute atomic E-state index is 0.213. The molecule has 2 rings (SSSR count). The van der Waals surface area contributed by atoms with Crippen LogP contribution in [0, 0.1) is 0 Å². The van der Waals surface area contributed by atoms with Crippen LogP contribution in [0.25, 0.3) is 5.57 Å². The molecule has 0 aliphatic heterocycles. The van der Waals surface area contributed by atoms with Crippen LogP contribution in [0.15, 0.2) is 42.7 Å². The molecular formula is C10H9FN2. The molecule has 1 aromatic heterocycles. The maximum absolute atomic E-state index is 12.8. The number of nitrogens with one attached hydrogen (secondary N) is 1. The number of hydrogen-bond acceptors (Lipinski definition) is 1. The first-order valence-electron chi connectivity index (χ1n) is 4.08. The van der Waals surface area contributed by atoms with Gasteiger partial charge >= 0.3 is 0 Å². The van der Waals surface area contributed by atoms with E-state index in [2.05, 4.69) is 9.97 Å². The Kier molecular flexibility index (Phi) is 2.08. The summed E-state index contributed by atoms with van der Waals surface area (Å²) in [6.45, 7) is 0. The van der Waals surface area contributed by atoms with E-state index in [4.69, 9.17) is 0 Å². The predicted molar refractivity (Wildman–Crippen MR) is 49.5 cm³/mol. The number of aromatic amines is 1. The van der Waals surface area contributed by atoms with Gasteiger partial charge in [0.15, 0.2) is 0 Å². The molecule has 2 nitrogen and oxygen atoms in total. The molecule has 13 heavy (non-hydrogen) atoms. The number of imidazole rings is 1. The van der Waals surface area contributed by atoms with Crippen molar-refractivity contribution in [2.24, 2.45) is 0 Å². The quantitative estimate of drug-likeness (QED) is 0.700. The van der Waals surface area contributed by atoms with Crippen LogP contribution in [-0.4, -0.2) is 9.97 Å². The zero-order valence-electron chi connectivity index (χ0n) is 7.00. The van der Waals surface area contributed by atoms with E-state index in [0.717, 1.165) is 17.7 Å². The molecule has 0 aromatic carbocycles. The highest BCUT2D eigenvalue weighted by atomic mass is 19.1. The van der Waals surface area contributed by atoms with E-state index in [1.54, 1.807) is 24.7 Å². The van der Waals surface area contributed by atoms with Crippen LogP contribution in [0.4, 0.5) is 4.39 Å². The first kappa shape index (κ1) is 7.98. The third-order valence-corrected chi connectivity index (χ3v) is 1.90. The van der Waals surface area contributed by atoms with Gasteiger partial charge in [0.25, 0.3) is 0 Å². The summed E-state index contributed by atoms with van der Waals surface area (Å²) in [5, 5.41) is 0. The van der Waals surface area contributed by atoms with Gasteiger partial charge in [-0.25, -0.2) is 9.37 Å². The molecule has 0 atom stereocenters. The molecule has 0 spiro atoms. The summed E-state index contributed by atoms with van der Waals surface area (Å²) < 4.78 is 12.8. The molecule has 0 fully saturated rings. The van der Waals surface area contributed by atoms with Crippen LogP contribution in [0.5, 0.6) is 0 Å². The lowest BCUT2D eigenvalue weighted by atomic mass is 10.1. The van der Waals surface area contributed by atoms with Gasteiger partial charge in [-0.05, 0) is 24.1 Å². The predicted octanol–water partition coefficient (Wildman–Crippen LogP) is 2.61. The molecule has 3 heteroatoms. The Morgan fingerprint density at radius 1 is 1.38 bits per heavy atom. The van der Waals surface area contributed by atoms with E-state index >= 15 is 0 Å². The van der Waals surface area contributed by atoms with Crippen molar-refractivity contribution in [1.29, 1.82) is 0 Å². The van der Waals surface area contributed by atoms with Gasteiger partial charge in [0.05, 0.1) is 18.2 Å². The van der Waals surface area contributed by atoms with E-state index in [-0.39, 0.29) is 5.83 Å². The molecule has 1 aliphatic carbocycles. The summed E-state index contributed by atoms with van der Waals surface area (Å²) in [4.78, 5) is 6.90. The molecule has 1 heterocycles. The molecule has 0 unspecified atom stereocenters. The molecule has 0 bridgehead atoms. The first-order chi connectivity index (χ1) is 6.36. The zero-order chi connectivity index (χ0) is 9.10. The van der Waals surface area contributed by atoms with Crippen LogP contribution in [-0.2, 0) is 0 Å². The average Bonchev–Trinajstić information content (AvgIpc) is 2.56. The van der Waals surface area contributed by atoms with Crippen molar-refractivity contribution in [3.8, 4) is 0 Å². The van der Waals surface area contributed by atoms with Gasteiger partial charge < -0.3 is 4.98 Å². The van der Waals surface area contributed by atoms with Crippen molar-refractivity contribution in [3.05, 3.63) is 48.3 Å². The standard InChI is InChI=1S/C10H9FN2/c11-9-3-1-2-8(4-5-9)10-6-12-7-13-10/h1,3-7H,2H2,(H,12,13). The molecule has 1 N–H and O–H groups in total. The van der Waals surface area contributed by atoms with Crippen LogP contribution < -0.4 is 0 Å². The summed E-state index contributed by atoms with van der Waals surface area (Å²) in [5.41, 5.74) is 1.98. The van der Waals surface area contributed by atoms with Crippen molar-refractivity contribution in [2.45, 2.75) is 6.42 Å². The summed E-state index contributed by atoms with van der Waals surface area (Å²) in [6, 6.07) is 0. The van der Waals surface area contributed by atoms with E-state index < -0.39 is 0 Å².